The van der Waals surface area contributed by atoms with E-state index >= 15 is 0 Å². The smallest absolute Gasteiger partial charge is 0.286 e. The summed E-state index contributed by atoms with van der Waals surface area (Å²) in [4.78, 5) is 12.2. The van der Waals surface area contributed by atoms with Gasteiger partial charge in [-0.25, -0.2) is 8.42 Å². The molecule has 0 aliphatic carbocycles. The Bertz CT molecular complexity index is 851. The molecule has 0 saturated carbocycles. The van der Waals surface area contributed by atoms with Crippen molar-refractivity contribution in [2.75, 3.05) is 18.1 Å². The maximum absolute atomic E-state index is 12.2. The fourth-order valence-electron chi connectivity index (χ4n) is 2.56. The third-order valence-corrected chi connectivity index (χ3v) is 6.22. The van der Waals surface area contributed by atoms with E-state index in [9.17, 15) is 13.2 Å². The Kier molecular flexibility index (Phi) is 4.86. The summed E-state index contributed by atoms with van der Waals surface area (Å²) in [5.41, 5.74) is 0.597. The molecule has 1 saturated heterocycles. The summed E-state index contributed by atoms with van der Waals surface area (Å²) < 4.78 is 25.0. The van der Waals surface area contributed by atoms with Crippen LogP contribution in [0.3, 0.4) is 0 Å². The Hall–Kier alpha value is -1.55. The zero-order valence-electron chi connectivity index (χ0n) is 12.8. The number of rotatable bonds is 4. The molecule has 2 heterocycles. The Morgan fingerprint density at radius 1 is 1.33 bits per heavy atom. The summed E-state index contributed by atoms with van der Waals surface area (Å²) in [6.45, 7) is 0.468. The maximum atomic E-state index is 12.2. The molecule has 1 fully saturated rings. The number of nitrogens with one attached hydrogen (secondary N) is 1. The van der Waals surface area contributed by atoms with Crippen LogP contribution in [0.5, 0.6) is 0 Å². The van der Waals surface area contributed by atoms with E-state index in [0.29, 0.717) is 28.7 Å². The number of nitrogens with zero attached hydrogens (tertiary/aromatic N) is 3. The average Bonchev–Trinajstić information content (AvgIpc) is 3.17. The maximum Gasteiger partial charge on any atom is 0.286 e. The van der Waals surface area contributed by atoms with Crippen molar-refractivity contribution in [3.05, 3.63) is 39.3 Å². The van der Waals surface area contributed by atoms with Crippen molar-refractivity contribution in [2.24, 2.45) is 0 Å². The van der Waals surface area contributed by atoms with Gasteiger partial charge in [-0.3, -0.25) is 4.79 Å². The van der Waals surface area contributed by atoms with Gasteiger partial charge in [-0.2, -0.15) is 4.31 Å². The van der Waals surface area contributed by atoms with Crippen molar-refractivity contribution in [3.8, 4) is 0 Å². The van der Waals surface area contributed by atoms with Crippen LogP contribution in [0, 0.1) is 0 Å². The van der Waals surface area contributed by atoms with E-state index in [-0.39, 0.29) is 17.0 Å². The number of carbonyl (C=O) groups is 1. The van der Waals surface area contributed by atoms with Crippen molar-refractivity contribution < 1.29 is 13.2 Å². The van der Waals surface area contributed by atoms with Crippen molar-refractivity contribution in [1.29, 1.82) is 0 Å². The van der Waals surface area contributed by atoms with Crippen LogP contribution in [0.1, 0.15) is 33.7 Å². The normalized spacial score (nSPS) is 18.7. The summed E-state index contributed by atoms with van der Waals surface area (Å²) in [7, 11) is -3.30. The summed E-state index contributed by atoms with van der Waals surface area (Å²) >= 11 is 6.92. The van der Waals surface area contributed by atoms with E-state index in [1.807, 2.05) is 0 Å². The van der Waals surface area contributed by atoms with E-state index in [1.54, 1.807) is 24.3 Å². The molecule has 0 radical (unpaired) electrons. The average molecular weight is 387 g/mol. The molecular formula is C14H15ClN4O3S2. The molecule has 0 bridgehead atoms. The molecule has 2 aromatic rings. The first-order chi connectivity index (χ1) is 11.3. The largest absolute Gasteiger partial charge is 0.320 e. The molecule has 128 valence electrons. The highest BCUT2D eigenvalue weighted by Gasteiger charge is 2.35. The quantitative estimate of drug-likeness (QED) is 0.871. The van der Waals surface area contributed by atoms with Crippen molar-refractivity contribution >= 4 is 44.6 Å². The van der Waals surface area contributed by atoms with Gasteiger partial charge in [-0.1, -0.05) is 22.9 Å². The van der Waals surface area contributed by atoms with Gasteiger partial charge in [0.1, 0.15) is 5.01 Å². The number of hydrogen-bond acceptors (Lipinski definition) is 6. The van der Waals surface area contributed by atoms with Gasteiger partial charge in [0.2, 0.25) is 15.0 Å². The zero-order valence-corrected chi connectivity index (χ0v) is 15.2. The predicted molar refractivity (Wildman–Crippen MR) is 92.8 cm³/mol. The van der Waals surface area contributed by atoms with Crippen molar-refractivity contribution in [1.82, 2.24) is 14.5 Å². The Labute approximate surface area is 148 Å². The van der Waals surface area contributed by atoms with Gasteiger partial charge < -0.3 is 5.32 Å². The van der Waals surface area contributed by atoms with Gasteiger partial charge in [0.15, 0.2) is 0 Å². The van der Waals surface area contributed by atoms with E-state index < -0.39 is 10.0 Å². The minimum atomic E-state index is -3.30. The predicted octanol–water partition coefficient (Wildman–Crippen LogP) is 2.54. The van der Waals surface area contributed by atoms with Crippen LogP contribution >= 0.6 is 22.9 Å². The molecule has 0 unspecified atom stereocenters. The first-order valence-corrected chi connectivity index (χ1v) is 10.3. The van der Waals surface area contributed by atoms with E-state index in [0.717, 1.165) is 17.8 Å². The first kappa shape index (κ1) is 17.3. The lowest BCUT2D eigenvalue weighted by Gasteiger charge is -2.19. The van der Waals surface area contributed by atoms with Gasteiger partial charge in [-0.15, -0.1) is 10.2 Å². The molecule has 1 N–H and O–H groups in total. The molecule has 24 heavy (non-hydrogen) atoms. The highest BCUT2D eigenvalue weighted by molar-refractivity contribution is 7.88. The summed E-state index contributed by atoms with van der Waals surface area (Å²) in [5, 5.41) is 11.9. The molecule has 1 aliphatic heterocycles. The standard InChI is InChI=1S/C14H15ClN4O3S2/c1-24(21,22)19-8-2-3-11(19)13-17-18-14(23-13)12(20)16-10-6-4-9(15)5-7-10/h4-7,11H,2-3,8H2,1H3,(H,16,20)/t11-/m1/s1. The molecule has 7 nitrogen and oxygen atoms in total. The molecule has 3 rings (SSSR count). The second-order valence-electron chi connectivity index (χ2n) is 5.44. The minimum absolute atomic E-state index is 0.195. The second kappa shape index (κ2) is 6.75. The number of halogens is 1. The molecule has 1 aromatic carbocycles. The lowest BCUT2D eigenvalue weighted by molar-refractivity contribution is 0.102. The number of sulfonamides is 1. The molecule has 1 aromatic heterocycles. The van der Waals surface area contributed by atoms with Gasteiger partial charge in [0.25, 0.3) is 5.91 Å². The highest BCUT2D eigenvalue weighted by Crippen LogP contribution is 2.35. The van der Waals surface area contributed by atoms with Gasteiger partial charge in [0.05, 0.1) is 12.3 Å². The van der Waals surface area contributed by atoms with Gasteiger partial charge in [0, 0.05) is 17.3 Å². The van der Waals surface area contributed by atoms with Crippen LogP contribution in [0.4, 0.5) is 5.69 Å². The minimum Gasteiger partial charge on any atom is -0.320 e. The monoisotopic (exact) mass is 386 g/mol. The van der Waals surface area contributed by atoms with Crippen LogP contribution < -0.4 is 5.32 Å². The Morgan fingerprint density at radius 2 is 2.04 bits per heavy atom. The SMILES string of the molecule is CS(=O)(=O)N1CCC[C@@H]1c1nnc(C(=O)Nc2ccc(Cl)cc2)s1. The highest BCUT2D eigenvalue weighted by atomic mass is 35.5. The fraction of sp³-hybridized carbons (Fsp3) is 0.357. The summed E-state index contributed by atoms with van der Waals surface area (Å²) in [6.07, 6.45) is 2.63. The summed E-state index contributed by atoms with van der Waals surface area (Å²) in [5.74, 6) is -0.384. The zero-order chi connectivity index (χ0) is 17.3. The number of aromatic nitrogens is 2. The molecule has 1 amide bonds. The van der Waals surface area contributed by atoms with Crippen molar-refractivity contribution in [2.45, 2.75) is 18.9 Å². The molecule has 1 atom stereocenters. The van der Waals surface area contributed by atoms with E-state index in [2.05, 4.69) is 15.5 Å². The van der Waals surface area contributed by atoms with Gasteiger partial charge >= 0.3 is 0 Å². The Morgan fingerprint density at radius 3 is 2.71 bits per heavy atom. The number of amides is 1. The van der Waals surface area contributed by atoms with Crippen LogP contribution in [0.25, 0.3) is 0 Å². The van der Waals surface area contributed by atoms with Crippen LogP contribution in [-0.2, 0) is 10.0 Å². The fourth-order valence-corrected chi connectivity index (χ4v) is 4.77. The lowest BCUT2D eigenvalue weighted by atomic mass is 10.2. The van der Waals surface area contributed by atoms with Crippen LogP contribution in [0.2, 0.25) is 5.02 Å². The molecule has 1 aliphatic rings. The number of anilines is 1. The summed E-state index contributed by atoms with van der Waals surface area (Å²) in [6, 6.07) is 6.38. The number of benzene rings is 1. The van der Waals surface area contributed by atoms with E-state index in [4.69, 9.17) is 11.6 Å². The first-order valence-electron chi connectivity index (χ1n) is 7.22. The second-order valence-corrected chi connectivity index (χ2v) is 8.82. The third-order valence-electron chi connectivity index (χ3n) is 3.65. The van der Waals surface area contributed by atoms with Gasteiger partial charge in [-0.05, 0) is 37.1 Å². The molecule has 10 heteroatoms. The number of carbonyl (C=O) groups excluding carboxylic acids is 1. The van der Waals surface area contributed by atoms with Crippen molar-refractivity contribution in [3.63, 3.8) is 0 Å². The number of hydrogen-bond donors (Lipinski definition) is 1. The Balaban J connectivity index is 1.75. The van der Waals surface area contributed by atoms with Crippen LogP contribution in [0.15, 0.2) is 24.3 Å². The lowest BCUT2D eigenvalue weighted by Crippen LogP contribution is -2.29. The van der Waals surface area contributed by atoms with Crippen LogP contribution in [-0.4, -0.2) is 41.6 Å². The molecular weight excluding hydrogens is 372 g/mol. The molecule has 0 spiro atoms. The topological polar surface area (TPSA) is 92.3 Å². The third kappa shape index (κ3) is 3.75. The van der Waals surface area contributed by atoms with E-state index in [1.165, 1.54) is 10.6 Å².